The average Bonchev–Trinajstić information content (AvgIpc) is 2.99. The molecule has 1 N–H and O–H groups in total. The lowest BCUT2D eigenvalue weighted by Gasteiger charge is -2.14. The van der Waals surface area contributed by atoms with E-state index >= 15 is 0 Å². The molecule has 0 radical (unpaired) electrons. The van der Waals surface area contributed by atoms with Gasteiger partial charge in [0.05, 0.1) is 11.4 Å². The van der Waals surface area contributed by atoms with Gasteiger partial charge in [-0.1, -0.05) is 59.9 Å². The van der Waals surface area contributed by atoms with E-state index in [1.54, 1.807) is 22.9 Å². The van der Waals surface area contributed by atoms with Crippen molar-refractivity contribution in [3.05, 3.63) is 74.3 Å². The van der Waals surface area contributed by atoms with Crippen LogP contribution in [0.5, 0.6) is 0 Å². The molecule has 7 heteroatoms. The highest BCUT2D eigenvalue weighted by atomic mass is 79.9. The predicted octanol–water partition coefficient (Wildman–Crippen LogP) is 6.49. The molecule has 0 aliphatic heterocycles. The number of rotatable bonds is 3. The Morgan fingerprint density at radius 2 is 1.63 bits per heavy atom. The van der Waals surface area contributed by atoms with Gasteiger partial charge in [0.1, 0.15) is 5.82 Å². The molecule has 3 aromatic rings. The zero-order valence-electron chi connectivity index (χ0n) is 15.1. The fourth-order valence-electron chi connectivity index (χ4n) is 2.49. The Bertz CT molecular complexity index is 971. The molecular weight excluding hydrogens is 449 g/mol. The first kappa shape index (κ1) is 19.9. The lowest BCUT2D eigenvalue weighted by molar-refractivity contribution is 0.102. The lowest BCUT2D eigenvalue weighted by atomic mass is 9.92. The zero-order chi connectivity index (χ0) is 19.8. The molecule has 1 heterocycles. The van der Waals surface area contributed by atoms with Gasteiger partial charge in [-0.15, -0.1) is 0 Å². The molecule has 0 aliphatic carbocycles. The van der Waals surface area contributed by atoms with Crippen molar-refractivity contribution < 1.29 is 4.79 Å². The minimum Gasteiger partial charge on any atom is -0.306 e. The number of nitrogens with zero attached hydrogens (tertiary/aromatic N) is 2. The van der Waals surface area contributed by atoms with Crippen molar-refractivity contribution in [1.82, 2.24) is 9.78 Å². The third-order valence-corrected chi connectivity index (χ3v) is 4.88. The van der Waals surface area contributed by atoms with Gasteiger partial charge in [0.2, 0.25) is 0 Å². The minimum absolute atomic E-state index is 0.167. The van der Waals surface area contributed by atoms with Crippen LogP contribution >= 0.6 is 39.1 Å². The zero-order valence-corrected chi connectivity index (χ0v) is 18.2. The second kappa shape index (κ2) is 7.66. The van der Waals surface area contributed by atoms with Gasteiger partial charge < -0.3 is 5.32 Å². The summed E-state index contributed by atoms with van der Waals surface area (Å²) in [6.45, 7) is 6.22. The smallest absolute Gasteiger partial charge is 0.256 e. The van der Waals surface area contributed by atoms with Crippen LogP contribution in [0.3, 0.4) is 0 Å². The molecule has 0 saturated heterocycles. The quantitative estimate of drug-likeness (QED) is 0.479. The second-order valence-corrected chi connectivity index (χ2v) is 8.95. The summed E-state index contributed by atoms with van der Waals surface area (Å²) in [5, 5.41) is 8.43. The minimum atomic E-state index is -0.307. The number of carbonyl (C=O) groups excluding carboxylic acids is 1. The van der Waals surface area contributed by atoms with Crippen molar-refractivity contribution in [3.63, 3.8) is 0 Å². The fourth-order valence-corrected chi connectivity index (χ4v) is 3.28. The average molecular weight is 467 g/mol. The van der Waals surface area contributed by atoms with Crippen molar-refractivity contribution >= 4 is 50.9 Å². The van der Waals surface area contributed by atoms with Crippen LogP contribution < -0.4 is 5.32 Å². The molecule has 4 nitrogen and oxygen atoms in total. The molecule has 0 fully saturated rings. The van der Waals surface area contributed by atoms with E-state index in [4.69, 9.17) is 28.3 Å². The molecule has 0 unspecified atom stereocenters. The van der Waals surface area contributed by atoms with E-state index in [0.29, 0.717) is 21.4 Å². The fraction of sp³-hybridized carbons (Fsp3) is 0.200. The molecule has 1 amide bonds. The summed E-state index contributed by atoms with van der Waals surface area (Å²) in [5.74, 6) is 0.265. The molecule has 0 saturated carbocycles. The van der Waals surface area contributed by atoms with Gasteiger partial charge in [-0.2, -0.15) is 5.10 Å². The largest absolute Gasteiger partial charge is 0.306 e. The van der Waals surface area contributed by atoms with Gasteiger partial charge in [-0.3, -0.25) is 4.79 Å². The van der Waals surface area contributed by atoms with Crippen LogP contribution in [0.2, 0.25) is 10.0 Å². The lowest BCUT2D eigenvalue weighted by Crippen LogP contribution is -2.15. The Morgan fingerprint density at radius 3 is 2.19 bits per heavy atom. The summed E-state index contributed by atoms with van der Waals surface area (Å²) in [7, 11) is 0. The molecule has 3 rings (SSSR count). The Kier molecular flexibility index (Phi) is 5.65. The van der Waals surface area contributed by atoms with Gasteiger partial charge in [0.25, 0.3) is 5.91 Å². The van der Waals surface area contributed by atoms with Crippen LogP contribution in [0.25, 0.3) is 5.69 Å². The summed E-state index contributed by atoms with van der Waals surface area (Å²) < 4.78 is 2.69. The summed E-state index contributed by atoms with van der Waals surface area (Å²) in [6, 6.07) is 14.3. The molecule has 0 bridgehead atoms. The van der Waals surface area contributed by atoms with Crippen molar-refractivity contribution in [2.75, 3.05) is 5.32 Å². The van der Waals surface area contributed by atoms with Gasteiger partial charge in [-0.25, -0.2) is 4.68 Å². The molecule has 2 aromatic carbocycles. The predicted molar refractivity (Wildman–Crippen MR) is 114 cm³/mol. The topological polar surface area (TPSA) is 46.9 Å². The summed E-state index contributed by atoms with van der Waals surface area (Å²) >= 11 is 15.5. The van der Waals surface area contributed by atoms with E-state index in [0.717, 1.165) is 15.9 Å². The number of aromatic nitrogens is 2. The maximum absolute atomic E-state index is 12.7. The summed E-state index contributed by atoms with van der Waals surface area (Å²) in [5.41, 5.74) is 1.92. The number of carbonyl (C=O) groups is 1. The maximum Gasteiger partial charge on any atom is 0.256 e. The first-order chi connectivity index (χ1) is 12.6. The first-order valence-corrected chi connectivity index (χ1v) is 9.82. The summed E-state index contributed by atoms with van der Waals surface area (Å²) in [4.78, 5) is 12.7. The first-order valence-electron chi connectivity index (χ1n) is 8.27. The van der Waals surface area contributed by atoms with Gasteiger partial charge in [0.15, 0.2) is 0 Å². The third-order valence-electron chi connectivity index (χ3n) is 3.92. The van der Waals surface area contributed by atoms with E-state index in [1.165, 1.54) is 0 Å². The second-order valence-electron chi connectivity index (χ2n) is 7.17. The highest BCUT2D eigenvalue weighted by Gasteiger charge is 2.22. The van der Waals surface area contributed by atoms with Crippen LogP contribution in [-0.4, -0.2) is 15.7 Å². The molecule has 0 aliphatic rings. The molecule has 0 spiro atoms. The number of anilines is 1. The Balaban J connectivity index is 2.01. The van der Waals surface area contributed by atoms with Crippen LogP contribution in [0.15, 0.2) is 53.0 Å². The van der Waals surface area contributed by atoms with Crippen molar-refractivity contribution in [2.24, 2.45) is 0 Å². The van der Waals surface area contributed by atoms with Crippen molar-refractivity contribution in [3.8, 4) is 5.69 Å². The van der Waals surface area contributed by atoms with Crippen molar-refractivity contribution in [2.45, 2.75) is 26.2 Å². The van der Waals surface area contributed by atoms with E-state index in [-0.39, 0.29) is 11.3 Å². The standard InChI is InChI=1S/C20H18BrCl2N3O/c1-20(2,3)17-11-18(26(25-17)16-6-4-13(21)5-7-16)24-19(27)12-8-14(22)10-15(23)9-12/h4-11H,1-3H3,(H,24,27). The molecule has 0 atom stereocenters. The Hall–Kier alpha value is -1.82. The van der Waals surface area contributed by atoms with E-state index in [9.17, 15) is 4.79 Å². The summed E-state index contributed by atoms with van der Waals surface area (Å²) in [6.07, 6.45) is 0. The van der Waals surface area contributed by atoms with Gasteiger partial charge in [-0.05, 0) is 42.5 Å². The molecular formula is C20H18BrCl2N3O. The van der Waals surface area contributed by atoms with Gasteiger partial charge >= 0.3 is 0 Å². The highest BCUT2D eigenvalue weighted by Crippen LogP contribution is 2.27. The SMILES string of the molecule is CC(C)(C)c1cc(NC(=O)c2cc(Cl)cc(Cl)c2)n(-c2ccc(Br)cc2)n1. The number of hydrogen-bond donors (Lipinski definition) is 1. The normalized spacial score (nSPS) is 11.5. The van der Waals surface area contributed by atoms with Crippen LogP contribution in [-0.2, 0) is 5.41 Å². The van der Waals surface area contributed by atoms with Crippen LogP contribution in [0.1, 0.15) is 36.8 Å². The monoisotopic (exact) mass is 465 g/mol. The van der Waals surface area contributed by atoms with E-state index in [1.807, 2.05) is 30.3 Å². The van der Waals surface area contributed by atoms with Gasteiger partial charge in [0, 0.05) is 31.6 Å². The number of benzene rings is 2. The number of hydrogen-bond acceptors (Lipinski definition) is 2. The van der Waals surface area contributed by atoms with Crippen LogP contribution in [0.4, 0.5) is 5.82 Å². The molecule has 27 heavy (non-hydrogen) atoms. The maximum atomic E-state index is 12.7. The molecule has 1 aromatic heterocycles. The number of halogens is 3. The molecule has 140 valence electrons. The van der Waals surface area contributed by atoms with E-state index < -0.39 is 0 Å². The number of nitrogens with one attached hydrogen (secondary N) is 1. The third kappa shape index (κ3) is 4.72. The Labute approximate surface area is 176 Å². The Morgan fingerprint density at radius 1 is 1.04 bits per heavy atom. The van der Waals surface area contributed by atoms with E-state index in [2.05, 4.69) is 42.0 Å². The van der Waals surface area contributed by atoms with Crippen molar-refractivity contribution in [1.29, 1.82) is 0 Å². The van der Waals surface area contributed by atoms with Crippen LogP contribution in [0, 0.1) is 0 Å². The highest BCUT2D eigenvalue weighted by molar-refractivity contribution is 9.10. The number of amides is 1.